The average Bonchev–Trinajstić information content (AvgIpc) is 2.92. The summed E-state index contributed by atoms with van der Waals surface area (Å²) in [6.45, 7) is 1.78. The molecule has 0 spiro atoms. The molecule has 110 valence electrons. The number of likely N-dealkylation sites (N-methyl/N-ethyl adjacent to an activating group) is 1. The van der Waals surface area contributed by atoms with Crippen LogP contribution in [0.2, 0.25) is 0 Å². The second-order valence-corrected chi connectivity index (χ2v) is 4.75. The molecular weight excluding hydrogens is 282 g/mol. The van der Waals surface area contributed by atoms with Crippen molar-refractivity contribution < 1.29 is 9.72 Å². The zero-order valence-corrected chi connectivity index (χ0v) is 12.1. The number of hydrogen-bond acceptors (Lipinski definition) is 4. The molecular formula is C13H18ClN3O3. The van der Waals surface area contributed by atoms with Crippen molar-refractivity contribution in [2.24, 2.45) is 0 Å². The van der Waals surface area contributed by atoms with Gasteiger partial charge in [-0.2, -0.15) is 0 Å². The number of hydrogen-bond donors (Lipinski definition) is 1. The lowest BCUT2D eigenvalue weighted by Crippen LogP contribution is -2.39. The molecule has 1 N–H and O–H groups in total. The van der Waals surface area contributed by atoms with Gasteiger partial charge in [0, 0.05) is 31.8 Å². The molecule has 1 aromatic rings. The molecule has 1 aromatic carbocycles. The largest absolute Gasteiger partial charge is 0.341 e. The predicted molar refractivity (Wildman–Crippen MR) is 78.1 cm³/mol. The third-order valence-electron chi connectivity index (χ3n) is 3.48. The third-order valence-corrected chi connectivity index (χ3v) is 3.48. The number of nitro groups is 1. The van der Waals surface area contributed by atoms with E-state index >= 15 is 0 Å². The number of rotatable bonds is 4. The van der Waals surface area contributed by atoms with Crippen LogP contribution in [0.3, 0.4) is 0 Å². The standard InChI is InChI=1S/C13H17N3O3.ClH/c1-15(12-6-7-14-9-12)13(17)8-10-2-4-11(5-3-10)16(18)19;/h2-5,12,14H,6-9H2,1H3;1H. The van der Waals surface area contributed by atoms with E-state index in [9.17, 15) is 14.9 Å². The Bertz CT molecular complexity index is 472. The van der Waals surface area contributed by atoms with Crippen molar-refractivity contribution in [2.45, 2.75) is 18.9 Å². The number of carbonyl (C=O) groups is 1. The first-order valence-corrected chi connectivity index (χ1v) is 6.27. The lowest BCUT2D eigenvalue weighted by atomic mass is 10.1. The maximum Gasteiger partial charge on any atom is 0.269 e. The summed E-state index contributed by atoms with van der Waals surface area (Å²) in [6.07, 6.45) is 1.26. The zero-order chi connectivity index (χ0) is 13.8. The Kier molecular flexibility index (Phi) is 5.91. The number of non-ortho nitro benzene ring substituents is 1. The van der Waals surface area contributed by atoms with Crippen LogP contribution in [-0.2, 0) is 11.2 Å². The van der Waals surface area contributed by atoms with Gasteiger partial charge in [0.1, 0.15) is 0 Å². The van der Waals surface area contributed by atoms with Crippen LogP contribution < -0.4 is 5.32 Å². The fourth-order valence-corrected chi connectivity index (χ4v) is 2.21. The van der Waals surface area contributed by atoms with Gasteiger partial charge >= 0.3 is 0 Å². The van der Waals surface area contributed by atoms with Crippen LogP contribution in [0.5, 0.6) is 0 Å². The molecule has 1 saturated heterocycles. The van der Waals surface area contributed by atoms with E-state index in [0.717, 1.165) is 25.1 Å². The Morgan fingerprint density at radius 3 is 2.60 bits per heavy atom. The number of nitrogens with one attached hydrogen (secondary N) is 1. The van der Waals surface area contributed by atoms with Gasteiger partial charge in [-0.05, 0) is 18.5 Å². The van der Waals surface area contributed by atoms with Gasteiger partial charge in [-0.15, -0.1) is 12.4 Å². The molecule has 6 nitrogen and oxygen atoms in total. The number of amides is 1. The number of benzene rings is 1. The molecule has 1 aliphatic rings. The fourth-order valence-electron chi connectivity index (χ4n) is 2.21. The first-order valence-electron chi connectivity index (χ1n) is 6.27. The second kappa shape index (κ2) is 7.21. The summed E-state index contributed by atoms with van der Waals surface area (Å²) in [4.78, 5) is 23.9. The van der Waals surface area contributed by atoms with Gasteiger partial charge in [-0.25, -0.2) is 0 Å². The minimum absolute atomic E-state index is 0. The van der Waals surface area contributed by atoms with Crippen molar-refractivity contribution >= 4 is 24.0 Å². The van der Waals surface area contributed by atoms with Crippen LogP contribution in [-0.4, -0.2) is 41.9 Å². The molecule has 1 amide bonds. The van der Waals surface area contributed by atoms with Gasteiger partial charge in [0.2, 0.25) is 5.91 Å². The molecule has 0 aliphatic carbocycles. The second-order valence-electron chi connectivity index (χ2n) is 4.75. The molecule has 20 heavy (non-hydrogen) atoms. The Labute approximate surface area is 123 Å². The molecule has 0 radical (unpaired) electrons. The first-order chi connectivity index (χ1) is 9.08. The van der Waals surface area contributed by atoms with Crippen LogP contribution >= 0.6 is 12.4 Å². The summed E-state index contributed by atoms with van der Waals surface area (Å²) in [5.74, 6) is 0.0440. The van der Waals surface area contributed by atoms with E-state index in [1.165, 1.54) is 12.1 Å². The Hall–Kier alpha value is -1.66. The highest BCUT2D eigenvalue weighted by molar-refractivity contribution is 5.85. The molecule has 1 atom stereocenters. The van der Waals surface area contributed by atoms with Crippen molar-refractivity contribution in [2.75, 3.05) is 20.1 Å². The SMILES string of the molecule is CN(C(=O)Cc1ccc([N+](=O)[O-])cc1)C1CCNC1.Cl. The van der Waals surface area contributed by atoms with Crippen molar-refractivity contribution in [3.63, 3.8) is 0 Å². The summed E-state index contributed by atoms with van der Waals surface area (Å²) in [6, 6.07) is 6.39. The van der Waals surface area contributed by atoms with Gasteiger partial charge in [-0.1, -0.05) is 12.1 Å². The smallest absolute Gasteiger partial charge is 0.269 e. The highest BCUT2D eigenvalue weighted by atomic mass is 35.5. The number of halogens is 1. The average molecular weight is 300 g/mol. The lowest BCUT2D eigenvalue weighted by Gasteiger charge is -2.23. The zero-order valence-electron chi connectivity index (χ0n) is 11.2. The molecule has 7 heteroatoms. The van der Waals surface area contributed by atoms with Gasteiger partial charge in [-0.3, -0.25) is 14.9 Å². The molecule has 2 rings (SSSR count). The summed E-state index contributed by atoms with van der Waals surface area (Å²) in [7, 11) is 1.81. The minimum Gasteiger partial charge on any atom is -0.341 e. The quantitative estimate of drug-likeness (QED) is 0.673. The van der Waals surface area contributed by atoms with E-state index in [2.05, 4.69) is 5.32 Å². The molecule has 0 saturated carbocycles. The Balaban J connectivity index is 0.00000200. The summed E-state index contributed by atoms with van der Waals surface area (Å²) in [5, 5.41) is 13.8. The Morgan fingerprint density at radius 2 is 2.10 bits per heavy atom. The van der Waals surface area contributed by atoms with E-state index in [0.29, 0.717) is 0 Å². The van der Waals surface area contributed by atoms with Crippen LogP contribution in [0.25, 0.3) is 0 Å². The highest BCUT2D eigenvalue weighted by Gasteiger charge is 2.23. The Morgan fingerprint density at radius 1 is 1.45 bits per heavy atom. The maximum atomic E-state index is 12.1. The minimum atomic E-state index is -0.443. The van der Waals surface area contributed by atoms with Crippen molar-refractivity contribution in [3.05, 3.63) is 39.9 Å². The molecule has 0 aromatic heterocycles. The van der Waals surface area contributed by atoms with E-state index in [1.54, 1.807) is 17.0 Å². The first kappa shape index (κ1) is 16.4. The fraction of sp³-hybridized carbons (Fsp3) is 0.462. The highest BCUT2D eigenvalue weighted by Crippen LogP contribution is 2.14. The van der Waals surface area contributed by atoms with Crippen LogP contribution in [0.15, 0.2) is 24.3 Å². The molecule has 1 heterocycles. The van der Waals surface area contributed by atoms with Crippen molar-refractivity contribution in [3.8, 4) is 0 Å². The normalized spacial score (nSPS) is 17.4. The number of nitrogens with zero attached hydrogens (tertiary/aromatic N) is 2. The molecule has 1 aliphatic heterocycles. The summed E-state index contributed by atoms with van der Waals surface area (Å²) >= 11 is 0. The number of carbonyl (C=O) groups excluding carboxylic acids is 1. The van der Waals surface area contributed by atoms with E-state index in [4.69, 9.17) is 0 Å². The monoisotopic (exact) mass is 299 g/mol. The summed E-state index contributed by atoms with van der Waals surface area (Å²) in [5.41, 5.74) is 0.845. The molecule has 0 bridgehead atoms. The van der Waals surface area contributed by atoms with Crippen LogP contribution in [0, 0.1) is 10.1 Å². The predicted octanol–water partition coefficient (Wildman–Crippen LogP) is 1.38. The van der Waals surface area contributed by atoms with Crippen molar-refractivity contribution in [1.82, 2.24) is 10.2 Å². The van der Waals surface area contributed by atoms with Crippen LogP contribution in [0.1, 0.15) is 12.0 Å². The van der Waals surface area contributed by atoms with E-state index in [1.807, 2.05) is 7.05 Å². The summed E-state index contributed by atoms with van der Waals surface area (Å²) < 4.78 is 0. The number of nitro benzene ring substituents is 1. The third kappa shape index (κ3) is 3.91. The van der Waals surface area contributed by atoms with Crippen LogP contribution in [0.4, 0.5) is 5.69 Å². The van der Waals surface area contributed by atoms with Gasteiger partial charge in [0.05, 0.1) is 11.3 Å². The molecule has 1 unspecified atom stereocenters. The van der Waals surface area contributed by atoms with Crippen molar-refractivity contribution in [1.29, 1.82) is 0 Å². The lowest BCUT2D eigenvalue weighted by molar-refractivity contribution is -0.384. The van der Waals surface area contributed by atoms with Gasteiger partial charge in [0.15, 0.2) is 0 Å². The molecule has 1 fully saturated rings. The van der Waals surface area contributed by atoms with E-state index in [-0.39, 0.29) is 36.5 Å². The maximum absolute atomic E-state index is 12.1. The topological polar surface area (TPSA) is 75.5 Å². The van der Waals surface area contributed by atoms with E-state index < -0.39 is 4.92 Å². The van der Waals surface area contributed by atoms with Gasteiger partial charge in [0.25, 0.3) is 5.69 Å². The van der Waals surface area contributed by atoms with Gasteiger partial charge < -0.3 is 10.2 Å².